The zero-order chi connectivity index (χ0) is 11.8. The fourth-order valence-corrected chi connectivity index (χ4v) is 3.42. The summed E-state index contributed by atoms with van der Waals surface area (Å²) in [7, 11) is 0. The van der Waals surface area contributed by atoms with Crippen molar-refractivity contribution in [3.05, 3.63) is 23.4 Å². The molecule has 2 aliphatic rings. The quantitative estimate of drug-likeness (QED) is 0.845. The molecule has 0 radical (unpaired) electrons. The molecular formula is C14H17N3. The highest BCUT2D eigenvalue weighted by molar-refractivity contribution is 5.45. The summed E-state index contributed by atoms with van der Waals surface area (Å²) in [6, 6.07) is 6.45. The molecule has 3 unspecified atom stereocenters. The lowest BCUT2D eigenvalue weighted by atomic mass is 9.95. The minimum atomic E-state index is 0.578. The summed E-state index contributed by atoms with van der Waals surface area (Å²) >= 11 is 0. The molecule has 3 rings (SSSR count). The average molecular weight is 227 g/mol. The monoisotopic (exact) mass is 227 g/mol. The number of aromatic nitrogens is 1. The zero-order valence-electron chi connectivity index (χ0n) is 10.1. The number of aryl methyl sites for hydroxylation is 1. The van der Waals surface area contributed by atoms with Gasteiger partial charge >= 0.3 is 0 Å². The lowest BCUT2D eigenvalue weighted by Crippen LogP contribution is -2.26. The Kier molecular flexibility index (Phi) is 2.51. The molecule has 0 aliphatic heterocycles. The van der Waals surface area contributed by atoms with Gasteiger partial charge in [0.2, 0.25) is 0 Å². The summed E-state index contributed by atoms with van der Waals surface area (Å²) in [5, 5.41) is 12.5. The maximum absolute atomic E-state index is 8.95. The summed E-state index contributed by atoms with van der Waals surface area (Å²) in [6.07, 6.45) is 5.43. The fraction of sp³-hybridized carbons (Fsp3) is 0.571. The van der Waals surface area contributed by atoms with Crippen LogP contribution in [-0.2, 0) is 0 Å². The van der Waals surface area contributed by atoms with Gasteiger partial charge in [-0.25, -0.2) is 4.98 Å². The number of pyridine rings is 1. The van der Waals surface area contributed by atoms with Gasteiger partial charge in [-0.2, -0.15) is 5.26 Å². The smallest absolute Gasteiger partial charge is 0.127 e. The molecule has 2 saturated carbocycles. The number of nitriles is 1. The normalized spacial score (nSPS) is 30.2. The van der Waals surface area contributed by atoms with E-state index in [0.717, 1.165) is 23.3 Å². The molecule has 17 heavy (non-hydrogen) atoms. The van der Waals surface area contributed by atoms with E-state index < -0.39 is 0 Å². The van der Waals surface area contributed by atoms with E-state index in [2.05, 4.69) is 16.4 Å². The van der Waals surface area contributed by atoms with Gasteiger partial charge in [0.25, 0.3) is 0 Å². The zero-order valence-corrected chi connectivity index (χ0v) is 10.1. The van der Waals surface area contributed by atoms with Crippen LogP contribution < -0.4 is 5.32 Å². The predicted molar refractivity (Wildman–Crippen MR) is 66.5 cm³/mol. The molecule has 2 fully saturated rings. The molecule has 0 amide bonds. The molecule has 1 aromatic heterocycles. The van der Waals surface area contributed by atoms with Crippen molar-refractivity contribution in [1.82, 2.24) is 4.98 Å². The van der Waals surface area contributed by atoms with E-state index in [1.807, 2.05) is 19.1 Å². The lowest BCUT2D eigenvalue weighted by molar-refractivity contribution is 0.439. The minimum Gasteiger partial charge on any atom is -0.367 e. The number of hydrogen-bond donors (Lipinski definition) is 1. The van der Waals surface area contributed by atoms with Gasteiger partial charge in [-0.05, 0) is 50.2 Å². The second-order valence-corrected chi connectivity index (χ2v) is 5.42. The third-order valence-electron chi connectivity index (χ3n) is 4.15. The lowest BCUT2D eigenvalue weighted by Gasteiger charge is -2.23. The summed E-state index contributed by atoms with van der Waals surface area (Å²) in [4.78, 5) is 4.47. The second-order valence-electron chi connectivity index (χ2n) is 5.42. The Morgan fingerprint density at radius 1 is 1.35 bits per heavy atom. The first-order chi connectivity index (χ1) is 8.24. The van der Waals surface area contributed by atoms with Gasteiger partial charge in [-0.15, -0.1) is 0 Å². The molecule has 3 heteroatoms. The summed E-state index contributed by atoms with van der Waals surface area (Å²) in [5.74, 6) is 2.63. The maximum Gasteiger partial charge on any atom is 0.127 e. The first kappa shape index (κ1) is 10.6. The topological polar surface area (TPSA) is 48.7 Å². The van der Waals surface area contributed by atoms with Gasteiger partial charge in [0, 0.05) is 11.7 Å². The molecule has 1 aromatic rings. The molecule has 0 saturated heterocycles. The van der Waals surface area contributed by atoms with Crippen LogP contribution in [0.5, 0.6) is 0 Å². The van der Waals surface area contributed by atoms with Crippen molar-refractivity contribution in [2.24, 2.45) is 11.8 Å². The largest absolute Gasteiger partial charge is 0.367 e. The van der Waals surface area contributed by atoms with E-state index in [-0.39, 0.29) is 0 Å². The Morgan fingerprint density at radius 3 is 2.88 bits per heavy atom. The van der Waals surface area contributed by atoms with Crippen molar-refractivity contribution in [3.63, 3.8) is 0 Å². The summed E-state index contributed by atoms with van der Waals surface area (Å²) < 4.78 is 0. The Labute approximate surface area is 102 Å². The van der Waals surface area contributed by atoms with Crippen LogP contribution >= 0.6 is 0 Å². The standard InChI is InChI=1S/C14H17N3/c1-9-4-11(8-15)7-14(16-9)17-13-6-10-2-3-12(13)5-10/h4,7,10,12-13H,2-3,5-6H2,1H3,(H,16,17). The van der Waals surface area contributed by atoms with Gasteiger partial charge in [-0.1, -0.05) is 6.42 Å². The van der Waals surface area contributed by atoms with Crippen LogP contribution in [0.1, 0.15) is 36.9 Å². The maximum atomic E-state index is 8.95. The first-order valence-electron chi connectivity index (χ1n) is 6.40. The van der Waals surface area contributed by atoms with Gasteiger partial charge in [-0.3, -0.25) is 0 Å². The minimum absolute atomic E-state index is 0.578. The van der Waals surface area contributed by atoms with Crippen LogP contribution in [0, 0.1) is 30.1 Å². The molecule has 3 atom stereocenters. The van der Waals surface area contributed by atoms with E-state index >= 15 is 0 Å². The van der Waals surface area contributed by atoms with Crippen molar-refractivity contribution < 1.29 is 0 Å². The fourth-order valence-electron chi connectivity index (χ4n) is 3.42. The van der Waals surface area contributed by atoms with E-state index in [1.54, 1.807) is 0 Å². The van der Waals surface area contributed by atoms with Gasteiger partial charge < -0.3 is 5.32 Å². The Bertz CT molecular complexity index is 475. The molecule has 0 aromatic carbocycles. The van der Waals surface area contributed by atoms with E-state index in [0.29, 0.717) is 11.6 Å². The SMILES string of the molecule is Cc1cc(C#N)cc(NC2CC3CCC2C3)n1. The van der Waals surface area contributed by atoms with E-state index in [9.17, 15) is 0 Å². The number of anilines is 1. The molecular weight excluding hydrogens is 210 g/mol. The highest BCUT2D eigenvalue weighted by Crippen LogP contribution is 2.45. The molecule has 2 aliphatic carbocycles. The molecule has 2 bridgehead atoms. The molecule has 88 valence electrons. The third-order valence-corrected chi connectivity index (χ3v) is 4.15. The van der Waals surface area contributed by atoms with Gasteiger partial charge in [0.1, 0.15) is 5.82 Å². The third kappa shape index (κ3) is 2.00. The highest BCUT2D eigenvalue weighted by Gasteiger charge is 2.39. The van der Waals surface area contributed by atoms with Crippen molar-refractivity contribution in [1.29, 1.82) is 5.26 Å². The van der Waals surface area contributed by atoms with Gasteiger partial charge in [0.15, 0.2) is 0 Å². The van der Waals surface area contributed by atoms with Gasteiger partial charge in [0.05, 0.1) is 11.6 Å². The number of fused-ring (bicyclic) bond motifs is 2. The van der Waals surface area contributed by atoms with E-state index in [4.69, 9.17) is 5.26 Å². The number of hydrogen-bond acceptors (Lipinski definition) is 3. The van der Waals surface area contributed by atoms with Crippen LogP contribution in [0.15, 0.2) is 12.1 Å². The number of rotatable bonds is 2. The molecule has 1 heterocycles. The first-order valence-corrected chi connectivity index (χ1v) is 6.40. The Hall–Kier alpha value is -1.56. The van der Waals surface area contributed by atoms with Crippen molar-refractivity contribution in [2.45, 2.75) is 38.6 Å². The second kappa shape index (κ2) is 4.03. The van der Waals surface area contributed by atoms with Crippen molar-refractivity contribution in [3.8, 4) is 6.07 Å². The van der Waals surface area contributed by atoms with Crippen molar-refractivity contribution >= 4 is 5.82 Å². The van der Waals surface area contributed by atoms with Crippen LogP contribution in [-0.4, -0.2) is 11.0 Å². The molecule has 0 spiro atoms. The van der Waals surface area contributed by atoms with Crippen LogP contribution in [0.2, 0.25) is 0 Å². The Balaban J connectivity index is 1.77. The summed E-state index contributed by atoms with van der Waals surface area (Å²) in [5.41, 5.74) is 1.61. The number of nitrogens with one attached hydrogen (secondary N) is 1. The summed E-state index contributed by atoms with van der Waals surface area (Å²) in [6.45, 7) is 1.94. The highest BCUT2D eigenvalue weighted by atomic mass is 15.0. The predicted octanol–water partition coefficient (Wildman–Crippen LogP) is 2.86. The molecule has 1 N–H and O–H groups in total. The Morgan fingerprint density at radius 2 is 2.24 bits per heavy atom. The van der Waals surface area contributed by atoms with Crippen LogP contribution in [0.25, 0.3) is 0 Å². The average Bonchev–Trinajstić information content (AvgIpc) is 2.90. The van der Waals surface area contributed by atoms with Crippen LogP contribution in [0.3, 0.4) is 0 Å². The number of nitrogens with zero attached hydrogens (tertiary/aromatic N) is 2. The van der Waals surface area contributed by atoms with E-state index in [1.165, 1.54) is 25.7 Å². The van der Waals surface area contributed by atoms with Crippen molar-refractivity contribution in [2.75, 3.05) is 5.32 Å². The molecule has 3 nitrogen and oxygen atoms in total. The van der Waals surface area contributed by atoms with Crippen LogP contribution in [0.4, 0.5) is 5.82 Å².